The van der Waals surface area contributed by atoms with Crippen molar-refractivity contribution >= 4 is 11.6 Å². The SMILES string of the molecule is CCCNC1CCCOc2c(C)cc(Cl)cc21. The molecule has 1 unspecified atom stereocenters. The molecule has 0 fully saturated rings. The Morgan fingerprint density at radius 1 is 1.47 bits per heavy atom. The molecule has 0 spiro atoms. The van der Waals surface area contributed by atoms with Gasteiger partial charge in [-0.3, -0.25) is 0 Å². The van der Waals surface area contributed by atoms with E-state index in [2.05, 4.69) is 19.2 Å². The zero-order valence-corrected chi connectivity index (χ0v) is 11.3. The first kappa shape index (κ1) is 12.7. The number of halogens is 1. The fourth-order valence-corrected chi connectivity index (χ4v) is 2.64. The van der Waals surface area contributed by atoms with Gasteiger partial charge >= 0.3 is 0 Å². The molecule has 1 aromatic carbocycles. The number of aryl methyl sites for hydroxylation is 1. The highest BCUT2D eigenvalue weighted by Crippen LogP contribution is 2.36. The van der Waals surface area contributed by atoms with Gasteiger partial charge in [0.15, 0.2) is 0 Å². The van der Waals surface area contributed by atoms with Crippen LogP contribution in [0.25, 0.3) is 0 Å². The van der Waals surface area contributed by atoms with Crippen LogP contribution < -0.4 is 10.1 Å². The molecule has 2 rings (SSSR count). The van der Waals surface area contributed by atoms with E-state index < -0.39 is 0 Å². The molecule has 0 saturated carbocycles. The predicted octanol–water partition coefficient (Wildman–Crippen LogP) is 3.86. The number of nitrogens with one attached hydrogen (secondary N) is 1. The average Bonchev–Trinajstić information content (AvgIpc) is 2.49. The molecule has 0 bridgehead atoms. The summed E-state index contributed by atoms with van der Waals surface area (Å²) in [4.78, 5) is 0. The molecule has 1 aliphatic heterocycles. The van der Waals surface area contributed by atoms with Gasteiger partial charge in [0.05, 0.1) is 6.61 Å². The molecule has 1 aromatic rings. The van der Waals surface area contributed by atoms with Crippen molar-refractivity contribution in [3.8, 4) is 5.75 Å². The Bertz CT molecular complexity index is 392. The van der Waals surface area contributed by atoms with Crippen molar-refractivity contribution in [2.24, 2.45) is 0 Å². The first-order valence-corrected chi connectivity index (χ1v) is 6.76. The molecular formula is C14H20ClNO. The van der Waals surface area contributed by atoms with Crippen LogP contribution in [0.5, 0.6) is 5.75 Å². The summed E-state index contributed by atoms with van der Waals surface area (Å²) in [5, 5.41) is 4.38. The maximum atomic E-state index is 6.15. The molecule has 0 aromatic heterocycles. The molecule has 0 radical (unpaired) electrons. The first-order valence-electron chi connectivity index (χ1n) is 6.38. The Labute approximate surface area is 108 Å². The number of hydrogen-bond acceptors (Lipinski definition) is 2. The van der Waals surface area contributed by atoms with Crippen molar-refractivity contribution in [3.05, 3.63) is 28.3 Å². The van der Waals surface area contributed by atoms with Crippen LogP contribution in [0.4, 0.5) is 0 Å². The van der Waals surface area contributed by atoms with Crippen molar-refractivity contribution in [2.45, 2.75) is 39.2 Å². The topological polar surface area (TPSA) is 21.3 Å². The molecule has 0 saturated heterocycles. The van der Waals surface area contributed by atoms with Gasteiger partial charge in [-0.1, -0.05) is 18.5 Å². The lowest BCUT2D eigenvalue weighted by atomic mass is 9.99. The van der Waals surface area contributed by atoms with Crippen molar-refractivity contribution in [1.82, 2.24) is 5.32 Å². The molecular weight excluding hydrogens is 234 g/mol. The third-order valence-corrected chi connectivity index (χ3v) is 3.39. The van der Waals surface area contributed by atoms with Crippen LogP contribution in [-0.4, -0.2) is 13.2 Å². The van der Waals surface area contributed by atoms with E-state index in [0.29, 0.717) is 6.04 Å². The standard InChI is InChI=1S/C14H20ClNO/c1-3-6-16-13-5-4-7-17-14-10(2)8-11(15)9-12(13)14/h8-9,13,16H,3-7H2,1-2H3. The third-order valence-electron chi connectivity index (χ3n) is 3.17. The van der Waals surface area contributed by atoms with E-state index in [-0.39, 0.29) is 0 Å². The summed E-state index contributed by atoms with van der Waals surface area (Å²) in [5.41, 5.74) is 2.36. The fourth-order valence-electron chi connectivity index (χ4n) is 2.36. The molecule has 0 aliphatic carbocycles. The largest absolute Gasteiger partial charge is 0.493 e. The van der Waals surface area contributed by atoms with E-state index in [0.717, 1.165) is 48.7 Å². The van der Waals surface area contributed by atoms with Gasteiger partial charge < -0.3 is 10.1 Å². The van der Waals surface area contributed by atoms with Gasteiger partial charge in [-0.2, -0.15) is 0 Å². The Kier molecular flexibility index (Phi) is 4.30. The number of benzene rings is 1. The number of rotatable bonds is 3. The average molecular weight is 254 g/mol. The van der Waals surface area contributed by atoms with E-state index in [1.165, 1.54) is 5.56 Å². The van der Waals surface area contributed by atoms with E-state index in [9.17, 15) is 0 Å². The molecule has 17 heavy (non-hydrogen) atoms. The molecule has 2 nitrogen and oxygen atoms in total. The maximum absolute atomic E-state index is 6.15. The molecule has 1 aliphatic rings. The van der Waals surface area contributed by atoms with Crippen LogP contribution in [0.15, 0.2) is 12.1 Å². The highest BCUT2D eigenvalue weighted by atomic mass is 35.5. The van der Waals surface area contributed by atoms with Gasteiger partial charge in [0.25, 0.3) is 0 Å². The lowest BCUT2D eigenvalue weighted by Gasteiger charge is -2.19. The molecule has 0 amide bonds. The van der Waals surface area contributed by atoms with E-state index in [4.69, 9.17) is 16.3 Å². The summed E-state index contributed by atoms with van der Waals surface area (Å²) in [6, 6.07) is 4.40. The van der Waals surface area contributed by atoms with Gasteiger partial charge in [0, 0.05) is 16.6 Å². The summed E-state index contributed by atoms with van der Waals surface area (Å²) in [5.74, 6) is 1.03. The molecule has 1 heterocycles. The summed E-state index contributed by atoms with van der Waals surface area (Å²) < 4.78 is 5.85. The predicted molar refractivity (Wildman–Crippen MR) is 72.0 cm³/mol. The Morgan fingerprint density at radius 2 is 2.29 bits per heavy atom. The zero-order valence-electron chi connectivity index (χ0n) is 10.6. The highest BCUT2D eigenvalue weighted by Gasteiger charge is 2.21. The van der Waals surface area contributed by atoms with Gasteiger partial charge in [-0.15, -0.1) is 0 Å². The normalized spacial score (nSPS) is 19.4. The second kappa shape index (κ2) is 5.74. The Balaban J connectivity index is 2.33. The summed E-state index contributed by atoms with van der Waals surface area (Å²) in [7, 11) is 0. The number of fused-ring (bicyclic) bond motifs is 1. The smallest absolute Gasteiger partial charge is 0.127 e. The van der Waals surface area contributed by atoms with Gasteiger partial charge in [-0.05, 0) is 50.4 Å². The van der Waals surface area contributed by atoms with Gasteiger partial charge in [-0.25, -0.2) is 0 Å². The first-order chi connectivity index (χ1) is 8.22. The highest BCUT2D eigenvalue weighted by molar-refractivity contribution is 6.30. The van der Waals surface area contributed by atoms with Crippen molar-refractivity contribution < 1.29 is 4.74 Å². The van der Waals surface area contributed by atoms with Crippen LogP contribution >= 0.6 is 11.6 Å². The molecule has 94 valence electrons. The number of ether oxygens (including phenoxy) is 1. The fraction of sp³-hybridized carbons (Fsp3) is 0.571. The van der Waals surface area contributed by atoms with Crippen LogP contribution in [0, 0.1) is 6.92 Å². The lowest BCUT2D eigenvalue weighted by molar-refractivity contribution is 0.313. The molecule has 1 N–H and O–H groups in total. The second-order valence-electron chi connectivity index (χ2n) is 4.64. The van der Waals surface area contributed by atoms with E-state index in [1.807, 2.05) is 12.1 Å². The minimum atomic E-state index is 0.379. The van der Waals surface area contributed by atoms with E-state index >= 15 is 0 Å². The lowest BCUT2D eigenvalue weighted by Crippen LogP contribution is -2.21. The maximum Gasteiger partial charge on any atom is 0.127 e. The second-order valence-corrected chi connectivity index (χ2v) is 5.07. The molecule has 3 heteroatoms. The summed E-state index contributed by atoms with van der Waals surface area (Å²) >= 11 is 6.15. The molecule has 1 atom stereocenters. The van der Waals surface area contributed by atoms with Crippen LogP contribution in [0.1, 0.15) is 43.4 Å². The van der Waals surface area contributed by atoms with Crippen LogP contribution in [-0.2, 0) is 0 Å². The Hall–Kier alpha value is -0.730. The monoisotopic (exact) mass is 253 g/mol. The minimum absolute atomic E-state index is 0.379. The van der Waals surface area contributed by atoms with E-state index in [1.54, 1.807) is 0 Å². The minimum Gasteiger partial charge on any atom is -0.493 e. The zero-order chi connectivity index (χ0) is 12.3. The quantitative estimate of drug-likeness (QED) is 0.883. The summed E-state index contributed by atoms with van der Waals surface area (Å²) in [6.07, 6.45) is 3.35. The van der Waals surface area contributed by atoms with Crippen molar-refractivity contribution in [2.75, 3.05) is 13.2 Å². The van der Waals surface area contributed by atoms with Gasteiger partial charge in [0.2, 0.25) is 0 Å². The van der Waals surface area contributed by atoms with Crippen LogP contribution in [0.3, 0.4) is 0 Å². The Morgan fingerprint density at radius 3 is 3.06 bits per heavy atom. The van der Waals surface area contributed by atoms with Crippen molar-refractivity contribution in [3.63, 3.8) is 0 Å². The number of hydrogen-bond donors (Lipinski definition) is 1. The van der Waals surface area contributed by atoms with Crippen molar-refractivity contribution in [1.29, 1.82) is 0 Å². The summed E-state index contributed by atoms with van der Waals surface area (Å²) in [6.45, 7) is 6.09. The third kappa shape index (κ3) is 2.93. The van der Waals surface area contributed by atoms with Crippen LogP contribution in [0.2, 0.25) is 5.02 Å². The van der Waals surface area contributed by atoms with Gasteiger partial charge in [0.1, 0.15) is 5.75 Å².